The number of H-pyrrole nitrogens is 1. The number of benzene rings is 3. The standard InChI is InChI=1S/C38H39BrFN5O5/c1-21-8-14-28(15-9-21)45-31(18-30(44-45)38(4,5)6)43-37(48)41-19-26-16-27(40)13-12-25(26)20-50-34-32(23(3)42-35(46)33(34)39)29-17-24(36(47)49-7)11-10-22(29)2/h8-18H,19-20H2,1-7H3,(H,42,46)(H2,41,43,48). The smallest absolute Gasteiger partial charge is 0.337 e. The molecule has 2 aromatic heterocycles. The number of nitrogens with one attached hydrogen (secondary N) is 3. The van der Waals surface area contributed by atoms with Gasteiger partial charge in [0.25, 0.3) is 5.56 Å². The summed E-state index contributed by atoms with van der Waals surface area (Å²) >= 11 is 3.38. The molecular weight excluding hydrogens is 705 g/mol. The lowest BCUT2D eigenvalue weighted by Gasteiger charge is -2.19. The van der Waals surface area contributed by atoms with Crippen LogP contribution in [-0.2, 0) is 23.3 Å². The van der Waals surface area contributed by atoms with Gasteiger partial charge in [-0.25, -0.2) is 18.7 Å². The van der Waals surface area contributed by atoms with E-state index in [0.717, 1.165) is 22.5 Å². The van der Waals surface area contributed by atoms with Gasteiger partial charge < -0.3 is 19.8 Å². The molecule has 0 unspecified atom stereocenters. The highest BCUT2D eigenvalue weighted by molar-refractivity contribution is 9.10. The second-order valence-corrected chi connectivity index (χ2v) is 13.8. The van der Waals surface area contributed by atoms with Crippen LogP contribution in [0.4, 0.5) is 15.0 Å². The molecule has 2 amide bonds. The average Bonchev–Trinajstić information content (AvgIpc) is 3.50. The molecule has 0 aliphatic rings. The Kier molecular flexibility index (Phi) is 10.6. The highest BCUT2D eigenvalue weighted by atomic mass is 79.9. The Hall–Kier alpha value is -5.23. The average molecular weight is 745 g/mol. The third-order valence-electron chi connectivity index (χ3n) is 8.21. The predicted molar refractivity (Wildman–Crippen MR) is 195 cm³/mol. The summed E-state index contributed by atoms with van der Waals surface area (Å²) in [7, 11) is 1.31. The number of aromatic amines is 1. The number of nitrogens with zero attached hydrogens (tertiary/aromatic N) is 2. The maximum atomic E-state index is 14.5. The van der Waals surface area contributed by atoms with Crippen LogP contribution >= 0.6 is 15.9 Å². The summed E-state index contributed by atoms with van der Waals surface area (Å²) in [5.41, 5.74) is 6.00. The number of aromatic nitrogens is 3. The van der Waals surface area contributed by atoms with Gasteiger partial charge in [0.05, 0.1) is 24.1 Å². The van der Waals surface area contributed by atoms with Gasteiger partial charge in [-0.15, -0.1) is 0 Å². The van der Waals surface area contributed by atoms with Crippen molar-refractivity contribution in [2.75, 3.05) is 12.4 Å². The molecule has 0 radical (unpaired) electrons. The highest BCUT2D eigenvalue weighted by Crippen LogP contribution is 2.39. The van der Waals surface area contributed by atoms with E-state index in [1.807, 2.05) is 65.0 Å². The fourth-order valence-electron chi connectivity index (χ4n) is 5.37. The van der Waals surface area contributed by atoms with Crippen molar-refractivity contribution in [3.05, 3.63) is 127 Å². The molecule has 10 nitrogen and oxygen atoms in total. The summed E-state index contributed by atoms with van der Waals surface area (Å²) in [5.74, 6) is -0.261. The zero-order chi connectivity index (χ0) is 36.3. The number of amides is 2. The Balaban J connectivity index is 1.39. The van der Waals surface area contributed by atoms with E-state index in [2.05, 4.69) is 31.5 Å². The number of hydrogen-bond donors (Lipinski definition) is 3. The van der Waals surface area contributed by atoms with Crippen LogP contribution in [0, 0.1) is 26.6 Å². The zero-order valence-electron chi connectivity index (χ0n) is 29.0. The number of hydrogen-bond acceptors (Lipinski definition) is 6. The number of rotatable bonds is 9. The Bertz CT molecular complexity index is 2130. The van der Waals surface area contributed by atoms with E-state index in [1.54, 1.807) is 35.9 Å². The molecule has 5 rings (SSSR count). The summed E-state index contributed by atoms with van der Waals surface area (Å²) in [5, 5.41) is 10.5. The number of pyridine rings is 1. The molecule has 12 heteroatoms. The quantitative estimate of drug-likeness (QED) is 0.131. The molecule has 3 aromatic carbocycles. The molecule has 0 bridgehead atoms. The highest BCUT2D eigenvalue weighted by Gasteiger charge is 2.23. The lowest BCUT2D eigenvalue weighted by molar-refractivity contribution is 0.0600. The van der Waals surface area contributed by atoms with Crippen molar-refractivity contribution in [3.8, 4) is 22.6 Å². The fraction of sp³-hybridized carbons (Fsp3) is 0.263. The van der Waals surface area contributed by atoms with Gasteiger partial charge in [0.1, 0.15) is 28.5 Å². The van der Waals surface area contributed by atoms with Crippen LogP contribution in [0.1, 0.15) is 64.8 Å². The molecular formula is C38H39BrFN5O5. The van der Waals surface area contributed by atoms with E-state index in [9.17, 15) is 18.8 Å². The van der Waals surface area contributed by atoms with Crippen LogP contribution in [0.15, 0.2) is 76.0 Å². The predicted octanol–water partition coefficient (Wildman–Crippen LogP) is 8.04. The van der Waals surface area contributed by atoms with E-state index in [1.165, 1.54) is 19.2 Å². The Morgan fingerprint density at radius 3 is 2.38 bits per heavy atom. The second kappa shape index (κ2) is 14.7. The first-order chi connectivity index (χ1) is 23.7. The first-order valence-electron chi connectivity index (χ1n) is 15.9. The van der Waals surface area contributed by atoms with Crippen LogP contribution in [-0.4, -0.2) is 33.9 Å². The number of ether oxygens (including phenoxy) is 2. The SMILES string of the molecule is COC(=O)c1ccc(C)c(-c2c(C)[nH]c(=O)c(Br)c2OCc2ccc(F)cc2CNC(=O)Nc2cc(C(C)(C)C)nn2-c2ccc(C)cc2)c1. The minimum Gasteiger partial charge on any atom is -0.487 e. The minimum absolute atomic E-state index is 0.0181. The number of halogens is 2. The molecule has 50 heavy (non-hydrogen) atoms. The van der Waals surface area contributed by atoms with Gasteiger partial charge in [0, 0.05) is 29.3 Å². The number of carbonyl (C=O) groups excluding carboxylic acids is 2. The van der Waals surface area contributed by atoms with Crippen molar-refractivity contribution in [2.45, 2.75) is 60.1 Å². The summed E-state index contributed by atoms with van der Waals surface area (Å²) < 4.78 is 27.6. The van der Waals surface area contributed by atoms with Crippen molar-refractivity contribution in [1.82, 2.24) is 20.1 Å². The Morgan fingerprint density at radius 2 is 1.70 bits per heavy atom. The van der Waals surface area contributed by atoms with Crippen molar-refractivity contribution in [2.24, 2.45) is 0 Å². The van der Waals surface area contributed by atoms with Crippen LogP contribution in [0.3, 0.4) is 0 Å². The molecule has 0 aliphatic heterocycles. The third-order valence-corrected chi connectivity index (χ3v) is 8.93. The van der Waals surface area contributed by atoms with Gasteiger partial charge in [0.2, 0.25) is 0 Å². The lowest BCUT2D eigenvalue weighted by Crippen LogP contribution is -2.29. The van der Waals surface area contributed by atoms with Crippen molar-refractivity contribution >= 4 is 33.7 Å². The second-order valence-electron chi connectivity index (χ2n) is 13.0. The number of carbonyl (C=O) groups is 2. The Labute approximate surface area is 298 Å². The van der Waals surface area contributed by atoms with Gasteiger partial charge in [-0.3, -0.25) is 10.1 Å². The summed E-state index contributed by atoms with van der Waals surface area (Å²) in [6.45, 7) is 11.7. The number of urea groups is 1. The molecule has 3 N–H and O–H groups in total. The lowest BCUT2D eigenvalue weighted by atomic mass is 9.92. The number of aryl methyl sites for hydroxylation is 3. The van der Waals surface area contributed by atoms with Crippen molar-refractivity contribution in [3.63, 3.8) is 0 Å². The molecule has 2 heterocycles. The van der Waals surface area contributed by atoms with Crippen molar-refractivity contribution in [1.29, 1.82) is 0 Å². The maximum Gasteiger partial charge on any atom is 0.337 e. The normalized spacial score (nSPS) is 11.3. The molecule has 0 spiro atoms. The van der Waals surface area contributed by atoms with Gasteiger partial charge in [-0.1, -0.05) is 50.6 Å². The monoisotopic (exact) mass is 743 g/mol. The zero-order valence-corrected chi connectivity index (χ0v) is 30.5. The maximum absolute atomic E-state index is 14.5. The molecule has 260 valence electrons. The van der Waals surface area contributed by atoms with Crippen molar-refractivity contribution < 1.29 is 23.5 Å². The van der Waals surface area contributed by atoms with E-state index >= 15 is 0 Å². The molecule has 0 fully saturated rings. The van der Waals surface area contributed by atoms with Gasteiger partial charge >= 0.3 is 12.0 Å². The fourth-order valence-corrected chi connectivity index (χ4v) is 5.78. The first kappa shape index (κ1) is 36.1. The summed E-state index contributed by atoms with van der Waals surface area (Å²) in [6, 6.07) is 18.5. The van der Waals surface area contributed by atoms with Crippen LogP contribution < -0.4 is 20.9 Å². The molecule has 5 aromatic rings. The van der Waals surface area contributed by atoms with Gasteiger partial charge in [-0.05, 0) is 95.4 Å². The summed E-state index contributed by atoms with van der Waals surface area (Å²) in [6.07, 6.45) is 0. The largest absolute Gasteiger partial charge is 0.487 e. The molecule has 0 atom stereocenters. The summed E-state index contributed by atoms with van der Waals surface area (Å²) in [4.78, 5) is 41.2. The van der Waals surface area contributed by atoms with E-state index < -0.39 is 23.4 Å². The first-order valence-corrected chi connectivity index (χ1v) is 16.7. The van der Waals surface area contributed by atoms with Gasteiger partial charge in [-0.2, -0.15) is 5.10 Å². The van der Waals surface area contributed by atoms with Crippen LogP contribution in [0.25, 0.3) is 16.8 Å². The van der Waals surface area contributed by atoms with Crippen LogP contribution in [0.5, 0.6) is 5.75 Å². The van der Waals surface area contributed by atoms with Crippen LogP contribution in [0.2, 0.25) is 0 Å². The van der Waals surface area contributed by atoms with E-state index in [4.69, 9.17) is 14.6 Å². The number of methoxy groups -OCH3 is 1. The molecule has 0 saturated carbocycles. The molecule has 0 aliphatic carbocycles. The van der Waals surface area contributed by atoms with Gasteiger partial charge in [0.15, 0.2) is 0 Å². The van der Waals surface area contributed by atoms with E-state index in [0.29, 0.717) is 39.3 Å². The minimum atomic E-state index is -0.508. The number of esters is 1. The van der Waals surface area contributed by atoms with E-state index in [-0.39, 0.29) is 28.8 Å². The topological polar surface area (TPSA) is 127 Å². The third kappa shape index (κ3) is 7.97. The Morgan fingerprint density at radius 1 is 0.980 bits per heavy atom. The number of anilines is 1. The molecule has 0 saturated heterocycles.